The third-order valence-electron chi connectivity index (χ3n) is 6.55. The summed E-state index contributed by atoms with van der Waals surface area (Å²) in [5.41, 5.74) is 5.79. The molecule has 7 heteroatoms. The van der Waals surface area contributed by atoms with Crippen molar-refractivity contribution in [2.45, 2.75) is 40.2 Å². The topological polar surface area (TPSA) is 74.5 Å². The minimum absolute atomic E-state index is 0.0993. The van der Waals surface area contributed by atoms with Crippen molar-refractivity contribution in [3.8, 4) is 23.1 Å². The van der Waals surface area contributed by atoms with E-state index in [9.17, 15) is 9.59 Å². The van der Waals surface area contributed by atoms with Gasteiger partial charge in [-0.05, 0) is 55.7 Å². The lowest BCUT2D eigenvalue weighted by atomic mass is 10.0. The molecule has 4 aromatic rings. The smallest absolute Gasteiger partial charge is 0.278 e. The Bertz CT molecular complexity index is 1510. The van der Waals surface area contributed by atoms with Gasteiger partial charge in [0.25, 0.3) is 5.56 Å². The molecule has 3 aromatic carbocycles. The molecule has 0 aliphatic carbocycles. The Kier molecular flexibility index (Phi) is 6.14. The quantitative estimate of drug-likeness (QED) is 0.362. The number of methoxy groups -OCH3 is 1. The van der Waals surface area contributed by atoms with Crippen molar-refractivity contribution in [1.29, 1.82) is 0 Å². The monoisotopic (exact) mass is 483 g/mol. The van der Waals surface area contributed by atoms with E-state index in [-0.39, 0.29) is 18.0 Å². The van der Waals surface area contributed by atoms with Crippen molar-refractivity contribution < 1.29 is 14.3 Å². The molecule has 0 spiro atoms. The van der Waals surface area contributed by atoms with E-state index in [0.29, 0.717) is 40.7 Å². The molecule has 184 valence electrons. The van der Waals surface area contributed by atoms with E-state index in [1.54, 1.807) is 16.5 Å². The second-order valence-corrected chi connectivity index (χ2v) is 9.07. The first-order chi connectivity index (χ1) is 17.4. The molecule has 36 heavy (non-hydrogen) atoms. The maximum Gasteiger partial charge on any atom is 0.278 e. The summed E-state index contributed by atoms with van der Waals surface area (Å²) in [5, 5.41) is 2.95. The molecular weight excluding hydrogens is 454 g/mol. The van der Waals surface area contributed by atoms with Gasteiger partial charge in [-0.1, -0.05) is 48.9 Å². The highest BCUT2D eigenvalue weighted by molar-refractivity contribution is 5.90. The number of rotatable bonds is 6. The van der Waals surface area contributed by atoms with E-state index in [2.05, 4.69) is 12.2 Å². The standard InChI is InChI=1S/C29H29N3O4/c1-5-20-10-12-22(13-11-20)30-26(33)17-31-29-23(16-21-7-6-8-25(35-4)27(21)36-29)28(34)32(31)24-14-9-18(2)15-19(24)3/h6-15H,5,16-17H2,1-4H3,(H,30,33). The maximum absolute atomic E-state index is 13.7. The lowest BCUT2D eigenvalue weighted by Crippen LogP contribution is -2.28. The van der Waals surface area contributed by atoms with Gasteiger partial charge in [0.15, 0.2) is 11.5 Å². The molecule has 1 aliphatic rings. The van der Waals surface area contributed by atoms with Crippen LogP contribution in [-0.4, -0.2) is 22.4 Å². The van der Waals surface area contributed by atoms with E-state index in [0.717, 1.165) is 23.1 Å². The van der Waals surface area contributed by atoms with Crippen LogP contribution in [0.15, 0.2) is 65.5 Å². The van der Waals surface area contributed by atoms with E-state index >= 15 is 0 Å². The number of hydrogen-bond donors (Lipinski definition) is 1. The van der Waals surface area contributed by atoms with Gasteiger partial charge in [0, 0.05) is 17.7 Å². The SMILES string of the molecule is CCc1ccc(NC(=O)Cn2c3c(c(=O)n2-c2ccc(C)cc2C)Cc2cccc(OC)c2O3)cc1. The molecular formula is C29H29N3O4. The third kappa shape index (κ3) is 4.17. The van der Waals surface area contributed by atoms with Gasteiger partial charge >= 0.3 is 0 Å². The number of para-hydroxylation sites is 1. The fraction of sp³-hybridized carbons (Fsp3) is 0.241. The van der Waals surface area contributed by atoms with Gasteiger partial charge in [0.1, 0.15) is 6.54 Å². The fourth-order valence-electron chi connectivity index (χ4n) is 4.69. The zero-order valence-corrected chi connectivity index (χ0v) is 20.9. The highest BCUT2D eigenvalue weighted by atomic mass is 16.5. The fourth-order valence-corrected chi connectivity index (χ4v) is 4.69. The number of aromatic nitrogens is 2. The molecule has 1 aromatic heterocycles. The maximum atomic E-state index is 13.7. The molecule has 1 aliphatic heterocycles. The van der Waals surface area contributed by atoms with Crippen LogP contribution < -0.4 is 20.3 Å². The van der Waals surface area contributed by atoms with Crippen molar-refractivity contribution in [3.63, 3.8) is 0 Å². The predicted molar refractivity (Wildman–Crippen MR) is 140 cm³/mol. The number of carbonyl (C=O) groups excluding carboxylic acids is 1. The van der Waals surface area contributed by atoms with E-state index in [1.165, 1.54) is 5.56 Å². The normalized spacial score (nSPS) is 11.9. The van der Waals surface area contributed by atoms with Crippen LogP contribution in [0.4, 0.5) is 5.69 Å². The Balaban J connectivity index is 1.59. The second kappa shape index (κ2) is 9.41. The Morgan fingerprint density at radius 3 is 2.56 bits per heavy atom. The van der Waals surface area contributed by atoms with Crippen LogP contribution in [0.5, 0.6) is 17.4 Å². The first kappa shape index (κ1) is 23.5. The van der Waals surface area contributed by atoms with Crippen LogP contribution in [0.2, 0.25) is 0 Å². The predicted octanol–water partition coefficient (Wildman–Crippen LogP) is 5.16. The van der Waals surface area contributed by atoms with E-state index < -0.39 is 0 Å². The molecule has 7 nitrogen and oxygen atoms in total. The number of amides is 1. The lowest BCUT2D eigenvalue weighted by molar-refractivity contribution is -0.117. The van der Waals surface area contributed by atoms with Gasteiger partial charge in [-0.3, -0.25) is 9.59 Å². The van der Waals surface area contributed by atoms with E-state index in [4.69, 9.17) is 9.47 Å². The lowest BCUT2D eigenvalue weighted by Gasteiger charge is -2.21. The first-order valence-corrected chi connectivity index (χ1v) is 12.0. The Morgan fingerprint density at radius 1 is 1.08 bits per heavy atom. The molecule has 0 fully saturated rings. The Morgan fingerprint density at radius 2 is 1.86 bits per heavy atom. The van der Waals surface area contributed by atoms with Gasteiger partial charge in [-0.25, -0.2) is 9.36 Å². The van der Waals surface area contributed by atoms with Crippen molar-refractivity contribution >= 4 is 11.6 Å². The number of anilines is 1. The summed E-state index contributed by atoms with van der Waals surface area (Å²) in [5.74, 6) is 1.24. The van der Waals surface area contributed by atoms with Crippen LogP contribution in [-0.2, 0) is 24.2 Å². The Hall–Kier alpha value is -4.26. The molecule has 1 amide bonds. The van der Waals surface area contributed by atoms with Crippen molar-refractivity contribution in [1.82, 2.24) is 9.36 Å². The average molecular weight is 484 g/mol. The number of ether oxygens (including phenoxy) is 2. The van der Waals surface area contributed by atoms with Gasteiger partial charge in [0.05, 0.1) is 18.4 Å². The first-order valence-electron chi connectivity index (χ1n) is 12.0. The van der Waals surface area contributed by atoms with Gasteiger partial charge in [0.2, 0.25) is 11.8 Å². The summed E-state index contributed by atoms with van der Waals surface area (Å²) in [6.45, 7) is 5.95. The number of carbonyl (C=O) groups is 1. The Labute approximate surface area is 209 Å². The minimum Gasteiger partial charge on any atom is -0.493 e. The number of nitrogens with one attached hydrogen (secondary N) is 1. The minimum atomic E-state index is -0.259. The third-order valence-corrected chi connectivity index (χ3v) is 6.55. The van der Waals surface area contributed by atoms with E-state index in [1.807, 2.05) is 74.5 Å². The van der Waals surface area contributed by atoms with Crippen molar-refractivity contribution in [2.75, 3.05) is 12.4 Å². The zero-order valence-electron chi connectivity index (χ0n) is 20.9. The number of hydrogen-bond acceptors (Lipinski definition) is 4. The van der Waals surface area contributed by atoms with Crippen molar-refractivity contribution in [2.24, 2.45) is 0 Å². The molecule has 0 atom stereocenters. The summed E-state index contributed by atoms with van der Waals surface area (Å²) in [7, 11) is 1.58. The number of benzene rings is 3. The molecule has 5 rings (SSSR count). The molecule has 0 bridgehead atoms. The molecule has 0 unspecified atom stereocenters. The highest BCUT2D eigenvalue weighted by Crippen LogP contribution is 2.42. The van der Waals surface area contributed by atoms with Crippen molar-refractivity contribution in [3.05, 3.63) is 98.8 Å². The van der Waals surface area contributed by atoms with Gasteiger partial charge in [-0.2, -0.15) is 0 Å². The summed E-state index contributed by atoms with van der Waals surface area (Å²) in [6.07, 6.45) is 1.31. The van der Waals surface area contributed by atoms with Crippen LogP contribution in [0.25, 0.3) is 5.69 Å². The van der Waals surface area contributed by atoms with Gasteiger partial charge in [-0.15, -0.1) is 0 Å². The largest absolute Gasteiger partial charge is 0.493 e. The second-order valence-electron chi connectivity index (χ2n) is 9.07. The summed E-state index contributed by atoms with van der Waals surface area (Å²) in [4.78, 5) is 26.9. The molecule has 0 saturated carbocycles. The molecule has 0 radical (unpaired) electrons. The number of nitrogens with zero attached hydrogens (tertiary/aromatic N) is 2. The van der Waals surface area contributed by atoms with Gasteiger partial charge < -0.3 is 14.8 Å². The van der Waals surface area contributed by atoms with Crippen LogP contribution in [0.1, 0.15) is 34.7 Å². The van der Waals surface area contributed by atoms with Crippen LogP contribution >= 0.6 is 0 Å². The zero-order chi connectivity index (χ0) is 25.4. The molecule has 0 saturated heterocycles. The molecule has 2 heterocycles. The average Bonchev–Trinajstić information content (AvgIpc) is 3.13. The number of fused-ring (bicyclic) bond motifs is 2. The highest BCUT2D eigenvalue weighted by Gasteiger charge is 2.31. The summed E-state index contributed by atoms with van der Waals surface area (Å²) in [6, 6.07) is 19.3. The van der Waals surface area contributed by atoms with Crippen LogP contribution in [0.3, 0.4) is 0 Å². The molecule has 1 N–H and O–H groups in total. The summed E-state index contributed by atoms with van der Waals surface area (Å²) < 4.78 is 15.0. The summed E-state index contributed by atoms with van der Waals surface area (Å²) >= 11 is 0. The number of aryl methyl sites for hydroxylation is 3. The van der Waals surface area contributed by atoms with Crippen LogP contribution in [0, 0.1) is 13.8 Å².